The van der Waals surface area contributed by atoms with E-state index in [1.165, 1.54) is 5.56 Å². The van der Waals surface area contributed by atoms with Gasteiger partial charge in [-0.2, -0.15) is 0 Å². The number of fused-ring (bicyclic) bond motifs is 1. The Hall–Kier alpha value is -2.71. The normalized spacial score (nSPS) is 18.9. The molecule has 27 heavy (non-hydrogen) atoms. The Bertz CT molecular complexity index is 839. The van der Waals surface area contributed by atoms with E-state index in [1.807, 2.05) is 24.3 Å². The lowest BCUT2D eigenvalue weighted by molar-refractivity contribution is 0.0984. The SMILES string of the molecule is CNC(=O)Nc1ccc(-c2nc3c(c(N4CCOC[C@@H]4C)n2)CNC3)cc1. The average molecular weight is 368 g/mol. The van der Waals surface area contributed by atoms with Crippen LogP contribution in [-0.2, 0) is 17.8 Å². The highest BCUT2D eigenvalue weighted by atomic mass is 16.5. The summed E-state index contributed by atoms with van der Waals surface area (Å²) in [7, 11) is 1.59. The molecule has 2 aliphatic heterocycles. The number of hydrogen-bond donors (Lipinski definition) is 3. The lowest BCUT2D eigenvalue weighted by Gasteiger charge is -2.35. The quantitative estimate of drug-likeness (QED) is 0.764. The molecule has 3 N–H and O–H groups in total. The smallest absolute Gasteiger partial charge is 0.318 e. The zero-order valence-corrected chi connectivity index (χ0v) is 15.6. The van der Waals surface area contributed by atoms with Crippen molar-refractivity contribution in [2.75, 3.05) is 37.0 Å². The molecule has 1 saturated heterocycles. The van der Waals surface area contributed by atoms with Gasteiger partial charge in [-0.15, -0.1) is 0 Å². The minimum Gasteiger partial charge on any atom is -0.377 e. The molecule has 3 heterocycles. The van der Waals surface area contributed by atoms with Gasteiger partial charge in [-0.25, -0.2) is 14.8 Å². The Morgan fingerprint density at radius 1 is 1.26 bits per heavy atom. The lowest BCUT2D eigenvalue weighted by Crippen LogP contribution is -2.44. The molecule has 4 rings (SSSR count). The molecule has 8 heteroatoms. The summed E-state index contributed by atoms with van der Waals surface area (Å²) in [6, 6.07) is 7.62. The van der Waals surface area contributed by atoms with E-state index in [1.54, 1.807) is 7.05 Å². The minimum absolute atomic E-state index is 0.244. The van der Waals surface area contributed by atoms with Crippen molar-refractivity contribution in [1.29, 1.82) is 0 Å². The van der Waals surface area contributed by atoms with Crippen LogP contribution in [0.1, 0.15) is 18.2 Å². The number of carbonyl (C=O) groups excluding carboxylic acids is 1. The summed E-state index contributed by atoms with van der Waals surface area (Å²) in [5.74, 6) is 1.71. The van der Waals surface area contributed by atoms with E-state index in [4.69, 9.17) is 14.7 Å². The first-order valence-corrected chi connectivity index (χ1v) is 9.20. The Kier molecular flexibility index (Phi) is 4.91. The first kappa shape index (κ1) is 17.7. The minimum atomic E-state index is -0.244. The van der Waals surface area contributed by atoms with Gasteiger partial charge >= 0.3 is 6.03 Å². The number of hydrogen-bond acceptors (Lipinski definition) is 6. The van der Waals surface area contributed by atoms with E-state index < -0.39 is 0 Å². The predicted molar refractivity (Wildman–Crippen MR) is 104 cm³/mol. The van der Waals surface area contributed by atoms with E-state index in [9.17, 15) is 4.79 Å². The van der Waals surface area contributed by atoms with E-state index in [2.05, 4.69) is 27.8 Å². The maximum absolute atomic E-state index is 11.4. The molecule has 0 bridgehead atoms. The lowest BCUT2D eigenvalue weighted by atomic mass is 10.1. The second-order valence-corrected chi connectivity index (χ2v) is 6.80. The first-order valence-electron chi connectivity index (χ1n) is 9.20. The molecule has 2 amide bonds. The summed E-state index contributed by atoms with van der Waals surface area (Å²) < 4.78 is 5.58. The Morgan fingerprint density at radius 3 is 2.81 bits per heavy atom. The molecule has 1 atom stereocenters. The van der Waals surface area contributed by atoms with Gasteiger partial charge in [-0.05, 0) is 31.2 Å². The predicted octanol–water partition coefficient (Wildman–Crippen LogP) is 1.72. The fourth-order valence-corrected chi connectivity index (χ4v) is 3.46. The van der Waals surface area contributed by atoms with Crippen LogP contribution in [0.5, 0.6) is 0 Å². The second-order valence-electron chi connectivity index (χ2n) is 6.80. The van der Waals surface area contributed by atoms with Crippen molar-refractivity contribution < 1.29 is 9.53 Å². The molecule has 1 fully saturated rings. The van der Waals surface area contributed by atoms with Crippen LogP contribution in [0.25, 0.3) is 11.4 Å². The number of urea groups is 1. The molecule has 1 aromatic heterocycles. The van der Waals surface area contributed by atoms with E-state index in [0.29, 0.717) is 19.0 Å². The molecule has 0 unspecified atom stereocenters. The molecule has 1 aromatic carbocycles. The number of aromatic nitrogens is 2. The molecule has 0 spiro atoms. The van der Waals surface area contributed by atoms with Crippen LogP contribution in [-0.4, -0.2) is 48.8 Å². The van der Waals surface area contributed by atoms with Gasteiger partial charge in [-0.3, -0.25) is 0 Å². The highest BCUT2D eigenvalue weighted by Gasteiger charge is 2.27. The van der Waals surface area contributed by atoms with Gasteiger partial charge in [0.1, 0.15) is 5.82 Å². The molecular weight excluding hydrogens is 344 g/mol. The van der Waals surface area contributed by atoms with Crippen molar-refractivity contribution in [1.82, 2.24) is 20.6 Å². The highest BCUT2D eigenvalue weighted by Crippen LogP contribution is 2.30. The summed E-state index contributed by atoms with van der Waals surface area (Å²) >= 11 is 0. The largest absolute Gasteiger partial charge is 0.377 e. The fourth-order valence-electron chi connectivity index (χ4n) is 3.46. The van der Waals surface area contributed by atoms with Crippen LogP contribution >= 0.6 is 0 Å². The molecule has 0 saturated carbocycles. The highest BCUT2D eigenvalue weighted by molar-refractivity contribution is 5.89. The molecule has 0 radical (unpaired) electrons. The van der Waals surface area contributed by atoms with E-state index in [-0.39, 0.29) is 12.1 Å². The topological polar surface area (TPSA) is 91.4 Å². The number of benzene rings is 1. The summed E-state index contributed by atoms with van der Waals surface area (Å²) in [6.45, 7) is 5.97. The average Bonchev–Trinajstić information content (AvgIpc) is 3.17. The molecule has 2 aromatic rings. The summed E-state index contributed by atoms with van der Waals surface area (Å²) in [4.78, 5) is 23.5. The third-order valence-corrected chi connectivity index (χ3v) is 4.93. The molecule has 0 aliphatic carbocycles. The Labute approximate surface area is 158 Å². The molecule has 142 valence electrons. The van der Waals surface area contributed by atoms with Gasteiger partial charge in [0.2, 0.25) is 0 Å². The Morgan fingerprint density at radius 2 is 2.07 bits per heavy atom. The van der Waals surface area contributed by atoms with Crippen LogP contribution in [0.4, 0.5) is 16.3 Å². The van der Waals surface area contributed by atoms with Crippen molar-refractivity contribution in [2.24, 2.45) is 0 Å². The number of morpholine rings is 1. The van der Waals surface area contributed by atoms with Gasteiger partial charge in [0.15, 0.2) is 5.82 Å². The number of carbonyl (C=O) groups is 1. The third-order valence-electron chi connectivity index (χ3n) is 4.93. The Balaban J connectivity index is 1.67. The number of amides is 2. The van der Waals surface area contributed by atoms with Crippen molar-refractivity contribution in [3.8, 4) is 11.4 Å². The van der Waals surface area contributed by atoms with Crippen LogP contribution in [0, 0.1) is 0 Å². The summed E-state index contributed by atoms with van der Waals surface area (Å²) in [5.41, 5.74) is 3.89. The monoisotopic (exact) mass is 368 g/mol. The first-order chi connectivity index (χ1) is 13.2. The van der Waals surface area contributed by atoms with Crippen molar-refractivity contribution in [2.45, 2.75) is 26.1 Å². The molecule has 8 nitrogen and oxygen atoms in total. The van der Waals surface area contributed by atoms with E-state index >= 15 is 0 Å². The number of rotatable bonds is 3. The van der Waals surface area contributed by atoms with Gasteiger partial charge in [0, 0.05) is 43.5 Å². The van der Waals surface area contributed by atoms with Gasteiger partial charge < -0.3 is 25.6 Å². The van der Waals surface area contributed by atoms with Crippen molar-refractivity contribution in [3.63, 3.8) is 0 Å². The van der Waals surface area contributed by atoms with E-state index in [0.717, 1.165) is 42.4 Å². The third kappa shape index (κ3) is 3.58. The van der Waals surface area contributed by atoms with Gasteiger partial charge in [0.25, 0.3) is 0 Å². The molecule has 2 aliphatic rings. The van der Waals surface area contributed by atoms with Crippen LogP contribution < -0.4 is 20.9 Å². The fraction of sp³-hybridized carbons (Fsp3) is 0.421. The number of anilines is 2. The van der Waals surface area contributed by atoms with Crippen molar-refractivity contribution in [3.05, 3.63) is 35.5 Å². The number of ether oxygens (including phenoxy) is 1. The van der Waals surface area contributed by atoms with Crippen LogP contribution in [0.2, 0.25) is 0 Å². The van der Waals surface area contributed by atoms with Gasteiger partial charge in [0.05, 0.1) is 24.9 Å². The zero-order chi connectivity index (χ0) is 18.8. The van der Waals surface area contributed by atoms with Crippen LogP contribution in [0.3, 0.4) is 0 Å². The maximum Gasteiger partial charge on any atom is 0.318 e. The van der Waals surface area contributed by atoms with Crippen molar-refractivity contribution >= 4 is 17.5 Å². The van der Waals surface area contributed by atoms with Gasteiger partial charge in [-0.1, -0.05) is 0 Å². The van der Waals surface area contributed by atoms with Crippen LogP contribution in [0.15, 0.2) is 24.3 Å². The standard InChI is InChI=1S/C19H24N6O2/c1-12-11-27-8-7-25(12)18-15-9-21-10-16(15)23-17(24-18)13-3-5-14(6-4-13)22-19(26)20-2/h3-6,12,21H,7-11H2,1-2H3,(H2,20,22,26)/t12-/m0/s1. The summed E-state index contributed by atoms with van der Waals surface area (Å²) in [5, 5.41) is 8.68. The number of nitrogens with one attached hydrogen (secondary N) is 3. The molecular formula is C19H24N6O2. The number of nitrogens with zero attached hydrogens (tertiary/aromatic N) is 3. The maximum atomic E-state index is 11.4. The summed E-state index contributed by atoms with van der Waals surface area (Å²) in [6.07, 6.45) is 0. The second kappa shape index (κ2) is 7.50. The zero-order valence-electron chi connectivity index (χ0n) is 15.6.